The zero-order valence-corrected chi connectivity index (χ0v) is 12.7. The van der Waals surface area contributed by atoms with E-state index < -0.39 is 0 Å². The summed E-state index contributed by atoms with van der Waals surface area (Å²) in [5.41, 5.74) is 1.32. The van der Waals surface area contributed by atoms with Crippen LogP contribution in [0.2, 0.25) is 0 Å². The van der Waals surface area contributed by atoms with Gasteiger partial charge in [-0.05, 0) is 37.1 Å². The third-order valence-corrected chi connectivity index (χ3v) is 3.93. The first-order chi connectivity index (χ1) is 10.1. The fourth-order valence-electron chi connectivity index (χ4n) is 2.84. The van der Waals surface area contributed by atoms with E-state index in [1.54, 1.807) is 31.3 Å². The SMILES string of the molecule is CNC(=O)c1ccc(NC(=O)C[NH+]2CCC[C@@H](C)C2)cc1. The van der Waals surface area contributed by atoms with Gasteiger partial charge >= 0.3 is 0 Å². The molecule has 0 radical (unpaired) electrons. The second-order valence-electron chi connectivity index (χ2n) is 5.83. The van der Waals surface area contributed by atoms with Crippen molar-refractivity contribution in [2.24, 2.45) is 5.92 Å². The molecule has 1 aromatic carbocycles. The van der Waals surface area contributed by atoms with Gasteiger partial charge in [-0.2, -0.15) is 0 Å². The highest BCUT2D eigenvalue weighted by molar-refractivity contribution is 5.95. The van der Waals surface area contributed by atoms with Crippen molar-refractivity contribution in [3.8, 4) is 0 Å². The van der Waals surface area contributed by atoms with Crippen molar-refractivity contribution in [3.63, 3.8) is 0 Å². The summed E-state index contributed by atoms with van der Waals surface area (Å²) in [5, 5.41) is 5.47. The first-order valence-electron chi connectivity index (χ1n) is 7.54. The second-order valence-corrected chi connectivity index (χ2v) is 5.83. The first kappa shape index (κ1) is 15.5. The third-order valence-electron chi connectivity index (χ3n) is 3.93. The molecule has 1 saturated heterocycles. The van der Waals surface area contributed by atoms with Crippen LogP contribution in [0.15, 0.2) is 24.3 Å². The minimum atomic E-state index is -0.125. The number of likely N-dealkylation sites (tertiary alicyclic amines) is 1. The number of rotatable bonds is 4. The van der Waals surface area contributed by atoms with Crippen LogP contribution in [0.5, 0.6) is 0 Å². The van der Waals surface area contributed by atoms with E-state index in [9.17, 15) is 9.59 Å². The molecule has 0 bridgehead atoms. The number of quaternary nitrogens is 1. The Morgan fingerprint density at radius 1 is 1.29 bits per heavy atom. The summed E-state index contributed by atoms with van der Waals surface area (Å²) in [6.07, 6.45) is 2.47. The average molecular weight is 290 g/mol. The van der Waals surface area contributed by atoms with E-state index in [4.69, 9.17) is 0 Å². The van der Waals surface area contributed by atoms with Gasteiger partial charge in [0.25, 0.3) is 11.8 Å². The Bertz CT molecular complexity index is 499. The lowest BCUT2D eigenvalue weighted by atomic mass is 10.0. The molecule has 1 aromatic rings. The molecule has 1 unspecified atom stereocenters. The molecule has 114 valence electrons. The third kappa shape index (κ3) is 4.56. The van der Waals surface area contributed by atoms with Crippen LogP contribution in [0.3, 0.4) is 0 Å². The summed E-state index contributed by atoms with van der Waals surface area (Å²) in [6.45, 7) is 4.91. The van der Waals surface area contributed by atoms with Gasteiger partial charge in [0.2, 0.25) is 0 Å². The van der Waals surface area contributed by atoms with Crippen LogP contribution in [0.4, 0.5) is 5.69 Å². The zero-order valence-electron chi connectivity index (χ0n) is 12.7. The molecule has 1 aliphatic rings. The van der Waals surface area contributed by atoms with Gasteiger partial charge in [-0.3, -0.25) is 9.59 Å². The van der Waals surface area contributed by atoms with Gasteiger partial charge in [0, 0.05) is 24.2 Å². The van der Waals surface area contributed by atoms with Crippen LogP contribution in [-0.2, 0) is 4.79 Å². The summed E-state index contributed by atoms with van der Waals surface area (Å²) in [5.74, 6) is 0.611. The smallest absolute Gasteiger partial charge is 0.279 e. The minimum absolute atomic E-state index is 0.0341. The Labute approximate surface area is 125 Å². The lowest BCUT2D eigenvalue weighted by Gasteiger charge is -2.27. The quantitative estimate of drug-likeness (QED) is 0.747. The van der Waals surface area contributed by atoms with Crippen LogP contribution in [0.1, 0.15) is 30.1 Å². The Kier molecular flexibility index (Phi) is 5.33. The fraction of sp³-hybridized carbons (Fsp3) is 0.500. The van der Waals surface area contributed by atoms with Crippen molar-refractivity contribution in [1.29, 1.82) is 0 Å². The maximum atomic E-state index is 12.1. The molecule has 1 aliphatic heterocycles. The standard InChI is InChI=1S/C16H23N3O2/c1-12-4-3-9-19(10-12)11-15(20)18-14-7-5-13(6-8-14)16(21)17-2/h5-8,12H,3-4,9-11H2,1-2H3,(H,17,21)(H,18,20)/p+1/t12-/m1/s1. The Morgan fingerprint density at radius 2 is 2.00 bits per heavy atom. The molecular formula is C16H24N3O2+. The number of benzene rings is 1. The summed E-state index contributed by atoms with van der Waals surface area (Å²) in [7, 11) is 1.60. The van der Waals surface area contributed by atoms with Crippen LogP contribution in [0.25, 0.3) is 0 Å². The lowest BCUT2D eigenvalue weighted by molar-refractivity contribution is -0.900. The number of carbonyl (C=O) groups excluding carboxylic acids is 2. The van der Waals surface area contributed by atoms with Gasteiger partial charge < -0.3 is 15.5 Å². The van der Waals surface area contributed by atoms with Crippen molar-refractivity contribution in [3.05, 3.63) is 29.8 Å². The first-order valence-corrected chi connectivity index (χ1v) is 7.54. The van der Waals surface area contributed by atoms with Crippen LogP contribution in [0, 0.1) is 5.92 Å². The molecule has 3 N–H and O–H groups in total. The van der Waals surface area contributed by atoms with E-state index in [1.165, 1.54) is 17.7 Å². The highest BCUT2D eigenvalue weighted by Crippen LogP contribution is 2.09. The van der Waals surface area contributed by atoms with E-state index in [-0.39, 0.29) is 11.8 Å². The zero-order chi connectivity index (χ0) is 15.2. The largest absolute Gasteiger partial charge is 0.355 e. The predicted molar refractivity (Wildman–Crippen MR) is 82.4 cm³/mol. The molecule has 0 saturated carbocycles. The average Bonchev–Trinajstić information content (AvgIpc) is 2.47. The summed E-state index contributed by atoms with van der Waals surface area (Å²) >= 11 is 0. The number of piperidine rings is 1. The predicted octanol–water partition coefficient (Wildman–Crippen LogP) is 0.300. The molecule has 21 heavy (non-hydrogen) atoms. The van der Waals surface area contributed by atoms with Gasteiger partial charge in [0.05, 0.1) is 13.1 Å². The van der Waals surface area contributed by atoms with Crippen LogP contribution in [-0.4, -0.2) is 38.5 Å². The second kappa shape index (κ2) is 7.22. The Balaban J connectivity index is 1.86. The number of amides is 2. The summed E-state index contributed by atoms with van der Waals surface area (Å²) in [4.78, 5) is 24.8. The number of nitrogens with one attached hydrogen (secondary N) is 3. The molecule has 0 aliphatic carbocycles. The van der Waals surface area contributed by atoms with Gasteiger partial charge in [0.1, 0.15) is 0 Å². The van der Waals surface area contributed by atoms with Crippen molar-refractivity contribution in [1.82, 2.24) is 5.32 Å². The lowest BCUT2D eigenvalue weighted by Crippen LogP contribution is -3.14. The summed E-state index contributed by atoms with van der Waals surface area (Å²) in [6, 6.07) is 6.95. The highest BCUT2D eigenvalue weighted by atomic mass is 16.2. The van der Waals surface area contributed by atoms with E-state index in [0.717, 1.165) is 18.8 Å². The molecule has 2 atom stereocenters. The van der Waals surface area contributed by atoms with Crippen molar-refractivity contribution < 1.29 is 14.5 Å². The van der Waals surface area contributed by atoms with Crippen molar-refractivity contribution in [2.45, 2.75) is 19.8 Å². The van der Waals surface area contributed by atoms with Gasteiger partial charge in [-0.25, -0.2) is 0 Å². The number of anilines is 1. The van der Waals surface area contributed by atoms with Crippen molar-refractivity contribution >= 4 is 17.5 Å². The topological polar surface area (TPSA) is 62.6 Å². The molecule has 2 rings (SSSR count). The van der Waals surface area contributed by atoms with E-state index in [0.29, 0.717) is 18.0 Å². The molecule has 5 nitrogen and oxygen atoms in total. The fourth-order valence-corrected chi connectivity index (χ4v) is 2.84. The normalized spacial score (nSPS) is 21.6. The maximum Gasteiger partial charge on any atom is 0.279 e. The van der Waals surface area contributed by atoms with E-state index >= 15 is 0 Å². The monoisotopic (exact) mass is 290 g/mol. The molecule has 0 aromatic heterocycles. The summed E-state index contributed by atoms with van der Waals surface area (Å²) < 4.78 is 0. The van der Waals surface area contributed by atoms with Crippen LogP contribution < -0.4 is 15.5 Å². The van der Waals surface area contributed by atoms with Gasteiger partial charge in [0.15, 0.2) is 6.54 Å². The number of hydrogen-bond acceptors (Lipinski definition) is 2. The van der Waals surface area contributed by atoms with Gasteiger partial charge in [-0.15, -0.1) is 0 Å². The van der Waals surface area contributed by atoms with E-state index in [1.807, 2.05) is 0 Å². The molecule has 1 fully saturated rings. The number of carbonyl (C=O) groups is 2. The van der Waals surface area contributed by atoms with Crippen LogP contribution >= 0.6 is 0 Å². The van der Waals surface area contributed by atoms with Crippen molar-refractivity contribution in [2.75, 3.05) is 32.0 Å². The minimum Gasteiger partial charge on any atom is -0.355 e. The molecule has 0 spiro atoms. The van der Waals surface area contributed by atoms with Gasteiger partial charge in [-0.1, -0.05) is 6.92 Å². The molecular weight excluding hydrogens is 266 g/mol. The highest BCUT2D eigenvalue weighted by Gasteiger charge is 2.21. The molecule has 1 heterocycles. The Hall–Kier alpha value is -1.88. The maximum absolute atomic E-state index is 12.1. The Morgan fingerprint density at radius 3 is 2.62 bits per heavy atom. The van der Waals surface area contributed by atoms with E-state index in [2.05, 4.69) is 17.6 Å². The molecule has 5 heteroatoms. The molecule has 2 amide bonds. The number of hydrogen-bond donors (Lipinski definition) is 3.